The zero-order valence-electron chi connectivity index (χ0n) is 16.1. The molecule has 2 N–H and O–H groups in total. The maximum atomic E-state index is 11.8. The van der Waals surface area contributed by atoms with Crippen LogP contribution < -0.4 is 10.9 Å². The van der Waals surface area contributed by atoms with Gasteiger partial charge in [-0.3, -0.25) is 9.59 Å². The fourth-order valence-corrected chi connectivity index (χ4v) is 5.88. The van der Waals surface area contributed by atoms with Crippen LogP contribution in [-0.2, 0) is 9.59 Å². The molecule has 0 heterocycles. The third-order valence-electron chi connectivity index (χ3n) is 7.30. The summed E-state index contributed by atoms with van der Waals surface area (Å²) in [5, 5.41) is 8.27. The normalized spacial score (nSPS) is 36.9. The second-order valence-corrected chi connectivity index (χ2v) is 9.16. The first-order valence-electron chi connectivity index (χ1n) is 10.8. The quantitative estimate of drug-likeness (QED) is 0.506. The van der Waals surface area contributed by atoms with Crippen LogP contribution in [0.2, 0.25) is 0 Å². The molecule has 4 rings (SSSR count). The predicted octanol–water partition coefficient (Wildman–Crippen LogP) is 3.23. The first kappa shape index (κ1) is 18.6. The summed E-state index contributed by atoms with van der Waals surface area (Å²) in [7, 11) is 0. The smallest absolute Gasteiger partial charge is 0.240 e. The lowest BCUT2D eigenvalue weighted by Gasteiger charge is -2.16. The molecular weight excluding hydrogens is 340 g/mol. The van der Waals surface area contributed by atoms with Gasteiger partial charge in [-0.2, -0.15) is 10.2 Å². The summed E-state index contributed by atoms with van der Waals surface area (Å²) < 4.78 is 0. The van der Waals surface area contributed by atoms with E-state index in [4.69, 9.17) is 0 Å². The number of hydrogen-bond donors (Lipinski definition) is 2. The third-order valence-corrected chi connectivity index (χ3v) is 7.30. The summed E-state index contributed by atoms with van der Waals surface area (Å²) in [6, 6.07) is 0. The van der Waals surface area contributed by atoms with E-state index in [9.17, 15) is 9.59 Å². The fourth-order valence-electron chi connectivity index (χ4n) is 5.88. The summed E-state index contributed by atoms with van der Waals surface area (Å²) in [5.74, 6) is 4.17. The third kappa shape index (κ3) is 4.77. The lowest BCUT2D eigenvalue weighted by molar-refractivity contribution is -0.122. The fraction of sp³-hybridized carbons (Fsp3) is 0.810. The maximum Gasteiger partial charge on any atom is 0.240 e. The van der Waals surface area contributed by atoms with Crippen LogP contribution in [0.3, 0.4) is 0 Å². The Morgan fingerprint density at radius 3 is 1.59 bits per heavy atom. The number of carbonyl (C=O) groups excluding carboxylic acids is 2. The molecule has 27 heavy (non-hydrogen) atoms. The van der Waals surface area contributed by atoms with Crippen molar-refractivity contribution in [2.24, 2.45) is 45.7 Å². The van der Waals surface area contributed by atoms with Crippen molar-refractivity contribution in [3.05, 3.63) is 0 Å². The minimum atomic E-state index is -0.118. The summed E-state index contributed by atoms with van der Waals surface area (Å²) in [4.78, 5) is 23.7. The molecule has 0 spiro atoms. The minimum Gasteiger partial charge on any atom is -0.273 e. The van der Waals surface area contributed by atoms with E-state index >= 15 is 0 Å². The molecule has 0 aromatic heterocycles. The molecule has 6 heteroatoms. The molecule has 4 aliphatic rings. The van der Waals surface area contributed by atoms with Crippen LogP contribution in [0.25, 0.3) is 0 Å². The highest BCUT2D eigenvalue weighted by atomic mass is 16.2. The first-order chi connectivity index (χ1) is 13.2. The Hall–Kier alpha value is -1.72. The summed E-state index contributed by atoms with van der Waals surface area (Å²) in [6.07, 6.45) is 15.5. The Labute approximate surface area is 161 Å². The van der Waals surface area contributed by atoms with Gasteiger partial charge in [-0.1, -0.05) is 12.8 Å². The zero-order chi connectivity index (χ0) is 18.6. The van der Waals surface area contributed by atoms with Crippen LogP contribution in [0.4, 0.5) is 0 Å². The van der Waals surface area contributed by atoms with Crippen molar-refractivity contribution < 1.29 is 9.59 Å². The largest absolute Gasteiger partial charge is 0.273 e. The molecule has 0 aliphatic heterocycles. The molecule has 4 aliphatic carbocycles. The first-order valence-corrected chi connectivity index (χ1v) is 10.8. The van der Waals surface area contributed by atoms with Gasteiger partial charge in [0.05, 0.1) is 0 Å². The number of hydrazone groups is 2. The molecule has 0 radical (unpaired) electrons. The molecule has 0 aromatic rings. The van der Waals surface area contributed by atoms with E-state index < -0.39 is 0 Å². The number of hydrogen-bond acceptors (Lipinski definition) is 4. The number of rotatable bonds is 8. The molecule has 0 saturated heterocycles. The van der Waals surface area contributed by atoms with E-state index in [1.165, 1.54) is 51.4 Å². The van der Waals surface area contributed by atoms with E-state index in [2.05, 4.69) is 21.1 Å². The molecule has 148 valence electrons. The standard InChI is InChI=1S/C21H32N4O2/c26-20(24-22-12-18-10-14-4-6-16(18)8-14)2-1-3-21(27)25-23-13-19-11-15-5-7-17(19)9-15/h12-19H,1-11H2,(H,24,26)(H,25,27). The molecule has 4 bridgehead atoms. The van der Waals surface area contributed by atoms with Crippen LogP contribution >= 0.6 is 0 Å². The molecule has 6 unspecified atom stereocenters. The molecular formula is C21H32N4O2. The Balaban J connectivity index is 1.06. The highest BCUT2D eigenvalue weighted by Gasteiger charge is 2.39. The summed E-state index contributed by atoms with van der Waals surface area (Å²) >= 11 is 0. The molecule has 4 saturated carbocycles. The van der Waals surface area contributed by atoms with E-state index in [1.807, 2.05) is 12.4 Å². The highest BCUT2D eigenvalue weighted by molar-refractivity contribution is 5.79. The predicted molar refractivity (Wildman–Crippen MR) is 105 cm³/mol. The van der Waals surface area contributed by atoms with Crippen molar-refractivity contribution in [2.45, 2.75) is 70.6 Å². The number of amides is 2. The second-order valence-electron chi connectivity index (χ2n) is 9.16. The Bertz CT molecular complexity index is 565. The number of nitrogens with zero attached hydrogens (tertiary/aromatic N) is 2. The lowest BCUT2D eigenvalue weighted by atomic mass is 9.90. The van der Waals surface area contributed by atoms with Crippen molar-refractivity contribution in [3.63, 3.8) is 0 Å². The van der Waals surface area contributed by atoms with Gasteiger partial charge in [-0.15, -0.1) is 0 Å². The lowest BCUT2D eigenvalue weighted by Crippen LogP contribution is -2.22. The van der Waals surface area contributed by atoms with E-state index in [0.717, 1.165) is 23.7 Å². The summed E-state index contributed by atoms with van der Waals surface area (Å²) in [6.45, 7) is 0. The number of carbonyl (C=O) groups is 2. The average Bonchev–Trinajstić information content (AvgIpc) is 3.43. The van der Waals surface area contributed by atoms with Gasteiger partial charge in [0.1, 0.15) is 0 Å². The van der Waals surface area contributed by atoms with Gasteiger partial charge in [-0.05, 0) is 80.5 Å². The van der Waals surface area contributed by atoms with Crippen molar-refractivity contribution in [1.29, 1.82) is 0 Å². The average molecular weight is 373 g/mol. The van der Waals surface area contributed by atoms with E-state index in [1.54, 1.807) is 0 Å². The highest BCUT2D eigenvalue weighted by Crippen LogP contribution is 2.48. The Kier molecular flexibility index (Phi) is 5.89. The number of fused-ring (bicyclic) bond motifs is 4. The van der Waals surface area contributed by atoms with Crippen LogP contribution in [0.5, 0.6) is 0 Å². The van der Waals surface area contributed by atoms with Crippen LogP contribution in [0, 0.1) is 35.5 Å². The van der Waals surface area contributed by atoms with Gasteiger partial charge in [0.25, 0.3) is 0 Å². The van der Waals surface area contributed by atoms with Gasteiger partial charge >= 0.3 is 0 Å². The molecule has 4 fully saturated rings. The van der Waals surface area contributed by atoms with Gasteiger partial charge in [-0.25, -0.2) is 10.9 Å². The molecule has 0 aromatic carbocycles. The van der Waals surface area contributed by atoms with E-state index in [-0.39, 0.29) is 11.8 Å². The SMILES string of the molecule is O=C(CCCC(=O)NN=CC1CC2CCC1C2)NN=CC1CC2CCC1C2. The van der Waals surface area contributed by atoms with Crippen LogP contribution in [0.15, 0.2) is 10.2 Å². The van der Waals surface area contributed by atoms with Crippen molar-refractivity contribution in [3.8, 4) is 0 Å². The minimum absolute atomic E-state index is 0.118. The Morgan fingerprint density at radius 1 is 0.741 bits per heavy atom. The van der Waals surface area contributed by atoms with Crippen molar-refractivity contribution >= 4 is 24.2 Å². The monoisotopic (exact) mass is 372 g/mol. The van der Waals surface area contributed by atoms with Crippen LogP contribution in [-0.4, -0.2) is 24.2 Å². The molecule has 6 nitrogen and oxygen atoms in total. The van der Waals surface area contributed by atoms with Crippen LogP contribution in [0.1, 0.15) is 70.6 Å². The maximum absolute atomic E-state index is 11.8. The van der Waals surface area contributed by atoms with Gasteiger partial charge in [0.2, 0.25) is 11.8 Å². The second kappa shape index (κ2) is 8.53. The zero-order valence-corrected chi connectivity index (χ0v) is 16.1. The van der Waals surface area contributed by atoms with Gasteiger partial charge < -0.3 is 0 Å². The van der Waals surface area contributed by atoms with Crippen molar-refractivity contribution in [1.82, 2.24) is 10.9 Å². The van der Waals surface area contributed by atoms with Gasteiger partial charge in [0, 0.05) is 25.3 Å². The van der Waals surface area contributed by atoms with Crippen molar-refractivity contribution in [2.75, 3.05) is 0 Å². The topological polar surface area (TPSA) is 82.9 Å². The summed E-state index contributed by atoms with van der Waals surface area (Å²) in [5.41, 5.74) is 5.22. The number of nitrogens with one attached hydrogen (secondary N) is 2. The Morgan fingerprint density at radius 2 is 1.22 bits per heavy atom. The molecule has 6 atom stereocenters. The molecule has 2 amide bonds. The van der Waals surface area contributed by atoms with E-state index in [0.29, 0.717) is 31.1 Å². The van der Waals surface area contributed by atoms with Gasteiger partial charge in [0.15, 0.2) is 0 Å².